The maximum atomic E-state index is 14.1. The minimum absolute atomic E-state index is 0.0812. The van der Waals surface area contributed by atoms with Gasteiger partial charge in [0, 0.05) is 16.1 Å². The molecule has 100 valence electrons. The summed E-state index contributed by atoms with van der Waals surface area (Å²) in [5.41, 5.74) is 8.82. The summed E-state index contributed by atoms with van der Waals surface area (Å²) < 4.78 is 14.6. The molecule has 2 aromatic rings. The van der Waals surface area contributed by atoms with Gasteiger partial charge >= 0.3 is 0 Å². The third-order valence-corrected chi connectivity index (χ3v) is 4.42. The van der Waals surface area contributed by atoms with Gasteiger partial charge in [0.25, 0.3) is 0 Å². The number of nitrogens with two attached hydrogens (primary N) is 1. The lowest BCUT2D eigenvalue weighted by molar-refractivity contribution is 0.579. The van der Waals surface area contributed by atoms with Crippen molar-refractivity contribution in [2.24, 2.45) is 5.73 Å². The summed E-state index contributed by atoms with van der Waals surface area (Å²) in [5.74, 6) is -0.447. The van der Waals surface area contributed by atoms with Crippen molar-refractivity contribution in [3.8, 4) is 0 Å². The Morgan fingerprint density at radius 2 is 1.95 bits per heavy atom. The Morgan fingerprint density at radius 1 is 1.26 bits per heavy atom. The molecule has 2 aromatic carbocycles. The molecule has 1 atom stereocenters. The Labute approximate surface area is 125 Å². The highest BCUT2D eigenvalue weighted by atomic mass is 79.9. The van der Waals surface area contributed by atoms with Crippen LogP contribution in [0.2, 0.25) is 5.02 Å². The molecular weight excluding hydrogens is 329 g/mol. The molecule has 0 aliphatic carbocycles. The zero-order chi connectivity index (χ0) is 14.0. The molecule has 1 nitrogen and oxygen atoms in total. The smallest absolute Gasteiger partial charge is 0.147 e. The van der Waals surface area contributed by atoms with E-state index in [9.17, 15) is 4.39 Å². The first kappa shape index (κ1) is 14.5. The Bertz CT molecular complexity index is 601. The van der Waals surface area contributed by atoms with Gasteiger partial charge in [0.1, 0.15) is 5.82 Å². The average molecular weight is 343 g/mol. The largest absolute Gasteiger partial charge is 0.324 e. The van der Waals surface area contributed by atoms with Gasteiger partial charge in [-0.15, -0.1) is 0 Å². The lowest BCUT2D eigenvalue weighted by atomic mass is 9.96. The fraction of sp³-hybridized carbons (Fsp3) is 0.200. The fourth-order valence-electron chi connectivity index (χ4n) is 2.01. The SMILES string of the molecule is Cc1ccccc1CC(N)c1ccc(Br)c(Cl)c1F. The Balaban J connectivity index is 2.28. The highest BCUT2D eigenvalue weighted by Crippen LogP contribution is 2.31. The highest BCUT2D eigenvalue weighted by molar-refractivity contribution is 9.10. The van der Waals surface area contributed by atoms with Gasteiger partial charge in [-0.25, -0.2) is 4.39 Å². The van der Waals surface area contributed by atoms with E-state index in [1.807, 2.05) is 31.2 Å². The van der Waals surface area contributed by atoms with Gasteiger partial charge < -0.3 is 5.73 Å². The van der Waals surface area contributed by atoms with Crippen molar-refractivity contribution >= 4 is 27.5 Å². The topological polar surface area (TPSA) is 26.0 Å². The molecule has 0 aliphatic rings. The van der Waals surface area contributed by atoms with Crippen LogP contribution in [0.3, 0.4) is 0 Å². The van der Waals surface area contributed by atoms with Crippen LogP contribution in [0.15, 0.2) is 40.9 Å². The van der Waals surface area contributed by atoms with Crippen LogP contribution in [0.1, 0.15) is 22.7 Å². The van der Waals surface area contributed by atoms with Crippen LogP contribution < -0.4 is 5.73 Å². The molecule has 0 aliphatic heterocycles. The second-order valence-electron chi connectivity index (χ2n) is 4.50. The molecule has 4 heteroatoms. The molecule has 0 bridgehead atoms. The molecule has 19 heavy (non-hydrogen) atoms. The van der Waals surface area contributed by atoms with E-state index in [2.05, 4.69) is 15.9 Å². The number of hydrogen-bond donors (Lipinski definition) is 1. The van der Waals surface area contributed by atoms with Crippen molar-refractivity contribution < 1.29 is 4.39 Å². The van der Waals surface area contributed by atoms with E-state index in [-0.39, 0.29) is 5.02 Å². The summed E-state index contributed by atoms with van der Waals surface area (Å²) in [6.45, 7) is 2.02. The molecule has 2 N–H and O–H groups in total. The number of aryl methyl sites for hydroxylation is 1. The zero-order valence-corrected chi connectivity index (χ0v) is 12.8. The summed E-state index contributed by atoms with van der Waals surface area (Å²) in [6.07, 6.45) is 0.585. The van der Waals surface area contributed by atoms with Gasteiger partial charge in [0.2, 0.25) is 0 Å². The predicted molar refractivity (Wildman–Crippen MR) is 80.9 cm³/mol. The minimum atomic E-state index is -0.447. The van der Waals surface area contributed by atoms with Gasteiger partial charge in [0.05, 0.1) is 5.02 Å². The molecule has 2 rings (SSSR count). The van der Waals surface area contributed by atoms with E-state index in [4.69, 9.17) is 17.3 Å². The quantitative estimate of drug-likeness (QED) is 0.797. The van der Waals surface area contributed by atoms with Gasteiger partial charge in [-0.05, 0) is 46.5 Å². The Kier molecular flexibility index (Phi) is 4.61. The molecule has 0 aromatic heterocycles. The molecule has 0 heterocycles. The molecule has 0 radical (unpaired) electrons. The van der Waals surface area contributed by atoms with E-state index >= 15 is 0 Å². The molecule has 0 fully saturated rings. The van der Waals surface area contributed by atoms with Gasteiger partial charge in [-0.1, -0.05) is 41.9 Å². The fourth-order valence-corrected chi connectivity index (χ4v) is 2.49. The molecule has 0 saturated heterocycles. The molecule has 0 amide bonds. The van der Waals surface area contributed by atoms with E-state index < -0.39 is 11.9 Å². The average Bonchev–Trinajstić information content (AvgIpc) is 2.39. The van der Waals surface area contributed by atoms with Gasteiger partial charge in [-0.2, -0.15) is 0 Å². The third kappa shape index (κ3) is 3.16. The maximum Gasteiger partial charge on any atom is 0.147 e. The summed E-state index contributed by atoms with van der Waals surface area (Å²) in [4.78, 5) is 0. The molecule has 1 unspecified atom stereocenters. The first-order valence-corrected chi connectivity index (χ1v) is 7.11. The van der Waals surface area contributed by atoms with E-state index in [0.717, 1.165) is 11.1 Å². The normalized spacial score (nSPS) is 12.5. The van der Waals surface area contributed by atoms with Crippen molar-refractivity contribution in [2.45, 2.75) is 19.4 Å². The predicted octanol–water partition coefficient (Wildman–Crippen LogP) is 4.79. The second kappa shape index (κ2) is 6.04. The number of hydrogen-bond acceptors (Lipinski definition) is 1. The van der Waals surface area contributed by atoms with Crippen LogP contribution in [0, 0.1) is 12.7 Å². The summed E-state index contributed by atoms with van der Waals surface area (Å²) in [5, 5.41) is 0.0812. The van der Waals surface area contributed by atoms with E-state index in [0.29, 0.717) is 16.5 Å². The number of rotatable bonds is 3. The van der Waals surface area contributed by atoms with Crippen LogP contribution in [0.25, 0.3) is 0 Å². The lowest BCUT2D eigenvalue weighted by Crippen LogP contribution is -2.15. The highest BCUT2D eigenvalue weighted by Gasteiger charge is 2.16. The summed E-state index contributed by atoms with van der Waals surface area (Å²) in [6, 6.07) is 10.9. The first-order chi connectivity index (χ1) is 9.00. The van der Waals surface area contributed by atoms with Crippen LogP contribution in [0.4, 0.5) is 4.39 Å². The number of benzene rings is 2. The first-order valence-electron chi connectivity index (χ1n) is 5.94. The van der Waals surface area contributed by atoms with Gasteiger partial charge in [-0.3, -0.25) is 0 Å². The van der Waals surface area contributed by atoms with Crippen molar-refractivity contribution in [1.29, 1.82) is 0 Å². The lowest BCUT2D eigenvalue weighted by Gasteiger charge is -2.15. The van der Waals surface area contributed by atoms with Crippen molar-refractivity contribution in [1.82, 2.24) is 0 Å². The van der Waals surface area contributed by atoms with E-state index in [1.54, 1.807) is 12.1 Å². The molecular formula is C15H14BrClFN. The van der Waals surface area contributed by atoms with Crippen LogP contribution in [-0.4, -0.2) is 0 Å². The monoisotopic (exact) mass is 341 g/mol. The maximum absolute atomic E-state index is 14.1. The van der Waals surface area contributed by atoms with E-state index in [1.165, 1.54) is 0 Å². The number of halogens is 3. The van der Waals surface area contributed by atoms with Crippen LogP contribution >= 0.6 is 27.5 Å². The zero-order valence-electron chi connectivity index (χ0n) is 10.5. The third-order valence-electron chi connectivity index (χ3n) is 3.17. The second-order valence-corrected chi connectivity index (χ2v) is 5.73. The summed E-state index contributed by atoms with van der Waals surface area (Å²) in [7, 11) is 0. The molecule has 0 spiro atoms. The standard InChI is InChI=1S/C15H14BrClFN/c1-9-4-2-3-5-10(9)8-13(19)11-6-7-12(16)14(17)15(11)18/h2-7,13H,8,19H2,1H3. The van der Waals surface area contributed by atoms with Gasteiger partial charge in [0.15, 0.2) is 0 Å². The Hall–Kier alpha value is -0.900. The van der Waals surface area contributed by atoms with Crippen molar-refractivity contribution in [3.63, 3.8) is 0 Å². The summed E-state index contributed by atoms with van der Waals surface area (Å²) >= 11 is 9.08. The molecule has 0 saturated carbocycles. The minimum Gasteiger partial charge on any atom is -0.324 e. The van der Waals surface area contributed by atoms with Crippen LogP contribution in [0.5, 0.6) is 0 Å². The Morgan fingerprint density at radius 3 is 2.63 bits per heavy atom. The van der Waals surface area contributed by atoms with Crippen LogP contribution in [-0.2, 0) is 6.42 Å². The van der Waals surface area contributed by atoms with Crippen molar-refractivity contribution in [3.05, 3.63) is 68.4 Å². The van der Waals surface area contributed by atoms with Crippen molar-refractivity contribution in [2.75, 3.05) is 0 Å².